The summed E-state index contributed by atoms with van der Waals surface area (Å²) in [6, 6.07) is 5.26. The molecule has 1 saturated heterocycles. The predicted octanol–water partition coefficient (Wildman–Crippen LogP) is 4.49. The number of aromatic nitrogens is 1. The number of benzene rings is 1. The number of halogens is 3. The Hall–Kier alpha value is -3.08. The molecule has 0 radical (unpaired) electrons. The zero-order chi connectivity index (χ0) is 24.1. The van der Waals surface area contributed by atoms with Crippen molar-refractivity contribution in [3.63, 3.8) is 0 Å². The van der Waals surface area contributed by atoms with Gasteiger partial charge < -0.3 is 10.2 Å². The Kier molecular flexibility index (Phi) is 5.63. The van der Waals surface area contributed by atoms with Crippen LogP contribution in [0.3, 0.4) is 0 Å². The zero-order valence-electron chi connectivity index (χ0n) is 17.8. The highest BCUT2D eigenvalue weighted by atomic mass is 32.1. The number of carbonyl (C=O) groups excluding carboxylic acids is 3. The molecular formula is C22H21F3N4O3S. The number of urea groups is 1. The second-order valence-corrected chi connectivity index (χ2v) is 9.06. The fourth-order valence-electron chi connectivity index (χ4n) is 3.60. The van der Waals surface area contributed by atoms with Gasteiger partial charge in [-0.1, -0.05) is 0 Å². The van der Waals surface area contributed by atoms with Gasteiger partial charge in [0.2, 0.25) is 5.91 Å². The van der Waals surface area contributed by atoms with Crippen LogP contribution in [0.2, 0.25) is 0 Å². The summed E-state index contributed by atoms with van der Waals surface area (Å²) in [6.45, 7) is 3.16. The van der Waals surface area contributed by atoms with Crippen molar-refractivity contribution in [3.8, 4) is 0 Å². The highest BCUT2D eigenvalue weighted by Crippen LogP contribution is 2.39. The summed E-state index contributed by atoms with van der Waals surface area (Å²) in [4.78, 5) is 44.5. The van der Waals surface area contributed by atoms with Crippen molar-refractivity contribution in [3.05, 3.63) is 47.7 Å². The first-order chi connectivity index (χ1) is 15.4. The van der Waals surface area contributed by atoms with Gasteiger partial charge in [0.1, 0.15) is 11.4 Å². The Labute approximate surface area is 193 Å². The average molecular weight is 478 g/mol. The number of imide groups is 1. The molecule has 1 aliphatic heterocycles. The second-order valence-electron chi connectivity index (χ2n) is 8.58. The monoisotopic (exact) mass is 478 g/mol. The third-order valence-corrected chi connectivity index (χ3v) is 6.09. The van der Waals surface area contributed by atoms with Gasteiger partial charge in [-0.15, -0.1) is 12.6 Å². The van der Waals surface area contributed by atoms with E-state index in [4.69, 9.17) is 0 Å². The number of alkyl halides is 3. The number of thiol groups is 1. The normalized spacial score (nSPS) is 18.1. The number of rotatable bonds is 5. The topological polar surface area (TPSA) is 82.6 Å². The summed E-state index contributed by atoms with van der Waals surface area (Å²) in [5.41, 5.74) is -1.58. The minimum Gasteiger partial charge on any atom is -0.310 e. The third kappa shape index (κ3) is 4.41. The van der Waals surface area contributed by atoms with Gasteiger partial charge in [0.05, 0.1) is 11.3 Å². The SMILES string of the molecule is CC1(C)C(=O)N(c2ccc(C(F)(F)F)cc2S)C(=O)N1Cc1ccnc(NC(=O)C2CC2)c1. The van der Waals surface area contributed by atoms with Crippen molar-refractivity contribution in [2.24, 2.45) is 5.92 Å². The minimum absolute atomic E-state index is 0.0000999. The van der Waals surface area contributed by atoms with E-state index in [1.165, 1.54) is 11.1 Å². The van der Waals surface area contributed by atoms with Gasteiger partial charge in [-0.05, 0) is 62.6 Å². The maximum absolute atomic E-state index is 13.2. The van der Waals surface area contributed by atoms with E-state index in [0.29, 0.717) is 11.4 Å². The Morgan fingerprint density at radius 1 is 1.21 bits per heavy atom. The Morgan fingerprint density at radius 2 is 1.91 bits per heavy atom. The summed E-state index contributed by atoms with van der Waals surface area (Å²) in [6.07, 6.45) is -1.39. The molecule has 0 bridgehead atoms. The molecule has 7 nitrogen and oxygen atoms in total. The maximum atomic E-state index is 13.2. The fraction of sp³-hybridized carbons (Fsp3) is 0.364. The van der Waals surface area contributed by atoms with Crippen LogP contribution in [0, 0.1) is 5.92 Å². The Bertz CT molecular complexity index is 1150. The highest BCUT2D eigenvalue weighted by Gasteiger charge is 2.52. The van der Waals surface area contributed by atoms with Crippen molar-refractivity contribution in [1.82, 2.24) is 9.88 Å². The van der Waals surface area contributed by atoms with Crippen LogP contribution in [-0.2, 0) is 22.3 Å². The van der Waals surface area contributed by atoms with E-state index >= 15 is 0 Å². The first kappa shape index (κ1) is 23.1. The van der Waals surface area contributed by atoms with Gasteiger partial charge in [0.25, 0.3) is 5.91 Å². The number of hydrogen-bond acceptors (Lipinski definition) is 5. The number of carbonyl (C=O) groups is 3. The van der Waals surface area contributed by atoms with Crippen LogP contribution in [0.4, 0.5) is 29.5 Å². The molecule has 174 valence electrons. The van der Waals surface area contributed by atoms with Crippen LogP contribution in [-0.4, -0.2) is 33.3 Å². The summed E-state index contributed by atoms with van der Waals surface area (Å²) < 4.78 is 39.0. The molecule has 0 spiro atoms. The molecule has 1 N–H and O–H groups in total. The van der Waals surface area contributed by atoms with Crippen molar-refractivity contribution in [2.75, 3.05) is 10.2 Å². The molecular weight excluding hydrogens is 457 g/mol. The van der Waals surface area contributed by atoms with Gasteiger partial charge in [0.15, 0.2) is 0 Å². The number of hydrogen-bond donors (Lipinski definition) is 2. The lowest BCUT2D eigenvalue weighted by molar-refractivity contribution is -0.137. The summed E-state index contributed by atoms with van der Waals surface area (Å²) in [5, 5.41) is 2.74. The van der Waals surface area contributed by atoms with Crippen molar-refractivity contribution >= 4 is 42.0 Å². The van der Waals surface area contributed by atoms with E-state index in [9.17, 15) is 27.6 Å². The van der Waals surface area contributed by atoms with Crippen LogP contribution in [0.5, 0.6) is 0 Å². The largest absolute Gasteiger partial charge is 0.416 e. The smallest absolute Gasteiger partial charge is 0.310 e. The van der Waals surface area contributed by atoms with Gasteiger partial charge in [-0.3, -0.25) is 9.59 Å². The number of pyridine rings is 1. The maximum Gasteiger partial charge on any atom is 0.416 e. The van der Waals surface area contributed by atoms with Crippen LogP contribution < -0.4 is 10.2 Å². The van der Waals surface area contributed by atoms with E-state index in [2.05, 4.69) is 22.9 Å². The van der Waals surface area contributed by atoms with Crippen LogP contribution >= 0.6 is 12.6 Å². The molecule has 2 aromatic rings. The molecule has 2 heterocycles. The Morgan fingerprint density at radius 3 is 2.52 bits per heavy atom. The minimum atomic E-state index is -4.58. The van der Waals surface area contributed by atoms with E-state index in [1.807, 2.05) is 0 Å². The van der Waals surface area contributed by atoms with Gasteiger partial charge in [-0.2, -0.15) is 13.2 Å². The molecule has 0 atom stereocenters. The highest BCUT2D eigenvalue weighted by molar-refractivity contribution is 7.80. The van der Waals surface area contributed by atoms with E-state index in [1.54, 1.807) is 26.0 Å². The predicted molar refractivity (Wildman–Crippen MR) is 117 cm³/mol. The lowest BCUT2D eigenvalue weighted by atomic mass is 10.0. The number of nitrogens with zero attached hydrogens (tertiary/aromatic N) is 3. The molecule has 33 heavy (non-hydrogen) atoms. The van der Waals surface area contributed by atoms with Crippen molar-refractivity contribution in [1.29, 1.82) is 0 Å². The molecule has 1 saturated carbocycles. The first-order valence-electron chi connectivity index (χ1n) is 10.2. The van der Waals surface area contributed by atoms with Crippen molar-refractivity contribution < 1.29 is 27.6 Å². The average Bonchev–Trinajstić information content (AvgIpc) is 3.55. The van der Waals surface area contributed by atoms with Gasteiger partial charge in [-0.25, -0.2) is 14.7 Å². The molecule has 2 fully saturated rings. The van der Waals surface area contributed by atoms with E-state index in [-0.39, 0.29) is 29.0 Å². The molecule has 1 aromatic carbocycles. The van der Waals surface area contributed by atoms with Gasteiger partial charge in [0, 0.05) is 23.6 Å². The molecule has 0 unspecified atom stereocenters. The van der Waals surface area contributed by atoms with Crippen LogP contribution in [0.1, 0.15) is 37.8 Å². The number of anilines is 2. The molecule has 11 heteroatoms. The third-order valence-electron chi connectivity index (χ3n) is 5.73. The Balaban J connectivity index is 1.59. The summed E-state index contributed by atoms with van der Waals surface area (Å²) in [7, 11) is 0. The quantitative estimate of drug-likeness (QED) is 0.490. The van der Waals surface area contributed by atoms with Crippen molar-refractivity contribution in [2.45, 2.75) is 49.8 Å². The first-order valence-corrected chi connectivity index (χ1v) is 10.7. The fourth-order valence-corrected chi connectivity index (χ4v) is 3.91. The zero-order valence-corrected chi connectivity index (χ0v) is 18.7. The van der Waals surface area contributed by atoms with E-state index < -0.39 is 29.2 Å². The molecule has 4 rings (SSSR count). The molecule has 2 aliphatic rings. The molecule has 1 aliphatic carbocycles. The lowest BCUT2D eigenvalue weighted by Gasteiger charge is -2.27. The summed E-state index contributed by atoms with van der Waals surface area (Å²) in [5.74, 6) is -0.349. The number of nitrogens with one attached hydrogen (secondary N) is 1. The number of amides is 4. The molecule has 4 amide bonds. The molecule has 1 aromatic heterocycles. The van der Waals surface area contributed by atoms with Crippen LogP contribution in [0.15, 0.2) is 41.4 Å². The lowest BCUT2D eigenvalue weighted by Crippen LogP contribution is -2.43. The van der Waals surface area contributed by atoms with E-state index in [0.717, 1.165) is 35.9 Å². The van der Waals surface area contributed by atoms with Gasteiger partial charge >= 0.3 is 12.2 Å². The summed E-state index contributed by atoms with van der Waals surface area (Å²) >= 11 is 4.09. The second kappa shape index (κ2) is 8.05. The van der Waals surface area contributed by atoms with Crippen LogP contribution in [0.25, 0.3) is 0 Å². The standard InChI is InChI=1S/C22H21F3N4O3S/c1-21(2)19(31)29(15-6-5-14(10-16(15)33)22(23,24)25)20(32)28(21)11-12-7-8-26-17(9-12)27-18(30)13-3-4-13/h5-10,13,33H,3-4,11H2,1-2H3,(H,26,27,30).